The van der Waals surface area contributed by atoms with Crippen LogP contribution in [0.4, 0.5) is 17.5 Å². The van der Waals surface area contributed by atoms with Crippen molar-refractivity contribution in [2.45, 2.75) is 0 Å². The average Bonchev–Trinajstić information content (AvgIpc) is 2.55. The summed E-state index contributed by atoms with van der Waals surface area (Å²) in [5.41, 5.74) is 7.94. The number of anilines is 3. The number of benzene rings is 2. The van der Waals surface area contributed by atoms with Crippen LogP contribution in [0, 0.1) is 0 Å². The molecular weight excluding hydrogens is 280 g/mol. The molecule has 0 spiro atoms. The van der Waals surface area contributed by atoms with Crippen molar-refractivity contribution in [3.63, 3.8) is 0 Å². The predicted molar refractivity (Wildman–Crippen MR) is 85.0 cm³/mol. The van der Waals surface area contributed by atoms with Crippen LogP contribution in [-0.4, -0.2) is 23.0 Å². The van der Waals surface area contributed by atoms with Gasteiger partial charge in [0.1, 0.15) is 5.82 Å². The number of hydrogen-bond acceptors (Lipinski definition) is 6. The Bertz CT molecular complexity index is 831. The number of carbonyl (C=O) groups is 1. The largest absolute Gasteiger partial charge is 0.465 e. The number of methoxy groups -OCH3 is 1. The third-order valence-electron chi connectivity index (χ3n) is 3.19. The van der Waals surface area contributed by atoms with Gasteiger partial charge in [0.25, 0.3) is 0 Å². The van der Waals surface area contributed by atoms with Gasteiger partial charge in [0.15, 0.2) is 0 Å². The fourth-order valence-electron chi connectivity index (χ4n) is 2.09. The van der Waals surface area contributed by atoms with Crippen molar-refractivity contribution in [3.05, 3.63) is 54.1 Å². The van der Waals surface area contributed by atoms with E-state index in [1.807, 2.05) is 24.3 Å². The third-order valence-corrected chi connectivity index (χ3v) is 3.19. The first-order valence-corrected chi connectivity index (χ1v) is 6.65. The number of para-hydroxylation sites is 1. The zero-order valence-corrected chi connectivity index (χ0v) is 11.9. The molecule has 0 bridgehead atoms. The maximum Gasteiger partial charge on any atom is 0.337 e. The number of fused-ring (bicyclic) bond motifs is 1. The molecule has 6 nitrogen and oxygen atoms in total. The molecule has 0 saturated heterocycles. The molecule has 0 amide bonds. The average molecular weight is 294 g/mol. The van der Waals surface area contributed by atoms with Crippen molar-refractivity contribution < 1.29 is 9.53 Å². The Labute approximate surface area is 127 Å². The molecule has 0 unspecified atom stereocenters. The van der Waals surface area contributed by atoms with Gasteiger partial charge >= 0.3 is 5.97 Å². The van der Waals surface area contributed by atoms with E-state index in [4.69, 9.17) is 5.73 Å². The fourth-order valence-corrected chi connectivity index (χ4v) is 2.09. The molecule has 6 heteroatoms. The molecule has 0 saturated carbocycles. The lowest BCUT2D eigenvalue weighted by molar-refractivity contribution is 0.0601. The summed E-state index contributed by atoms with van der Waals surface area (Å²) in [6, 6.07) is 14.4. The number of nitrogens with one attached hydrogen (secondary N) is 1. The normalized spacial score (nSPS) is 10.4. The van der Waals surface area contributed by atoms with Gasteiger partial charge < -0.3 is 15.8 Å². The number of carbonyl (C=O) groups excluding carboxylic acids is 1. The van der Waals surface area contributed by atoms with E-state index in [-0.39, 0.29) is 5.97 Å². The van der Waals surface area contributed by atoms with E-state index < -0.39 is 0 Å². The topological polar surface area (TPSA) is 90.1 Å². The van der Waals surface area contributed by atoms with Crippen molar-refractivity contribution in [1.82, 2.24) is 9.97 Å². The number of nitrogens with zero attached hydrogens (tertiary/aromatic N) is 2. The highest BCUT2D eigenvalue weighted by Crippen LogP contribution is 2.21. The quantitative estimate of drug-likeness (QED) is 0.722. The maximum absolute atomic E-state index is 11.4. The van der Waals surface area contributed by atoms with Crippen molar-refractivity contribution in [3.8, 4) is 0 Å². The molecule has 1 heterocycles. The fraction of sp³-hybridized carbons (Fsp3) is 0.0625. The zero-order valence-electron chi connectivity index (χ0n) is 11.9. The number of esters is 1. The summed E-state index contributed by atoms with van der Waals surface area (Å²) in [5, 5.41) is 3.88. The van der Waals surface area contributed by atoms with Gasteiger partial charge in [-0.2, -0.15) is 4.98 Å². The first kappa shape index (κ1) is 13.8. The minimum atomic E-state index is -0.377. The second-order valence-electron chi connectivity index (χ2n) is 4.64. The molecule has 3 rings (SSSR count). The van der Waals surface area contributed by atoms with Gasteiger partial charge in [-0.25, -0.2) is 9.78 Å². The summed E-state index contributed by atoms with van der Waals surface area (Å²) < 4.78 is 4.66. The van der Waals surface area contributed by atoms with Gasteiger partial charge in [0, 0.05) is 11.1 Å². The summed E-state index contributed by atoms with van der Waals surface area (Å²) in [5.74, 6) is 0.444. The molecule has 3 N–H and O–H groups in total. The van der Waals surface area contributed by atoms with E-state index in [1.54, 1.807) is 24.3 Å². The van der Waals surface area contributed by atoms with Crippen LogP contribution in [0.15, 0.2) is 48.5 Å². The van der Waals surface area contributed by atoms with E-state index in [9.17, 15) is 4.79 Å². The summed E-state index contributed by atoms with van der Waals surface area (Å²) in [7, 11) is 1.35. The third kappa shape index (κ3) is 2.67. The zero-order chi connectivity index (χ0) is 15.5. The van der Waals surface area contributed by atoms with Crippen LogP contribution in [0.1, 0.15) is 10.4 Å². The Hall–Kier alpha value is -3.15. The van der Waals surface area contributed by atoms with Crippen LogP contribution < -0.4 is 11.1 Å². The number of hydrogen-bond donors (Lipinski definition) is 2. The highest BCUT2D eigenvalue weighted by molar-refractivity contribution is 5.90. The molecule has 0 aliphatic heterocycles. The number of rotatable bonds is 3. The van der Waals surface area contributed by atoms with Crippen LogP contribution in [0.2, 0.25) is 0 Å². The molecule has 2 aromatic carbocycles. The van der Waals surface area contributed by atoms with Crippen molar-refractivity contribution >= 4 is 34.3 Å². The SMILES string of the molecule is COC(=O)c1ccc(Nc2nc(N)c3ccccc3n2)cc1. The van der Waals surface area contributed by atoms with Gasteiger partial charge in [-0.3, -0.25) is 0 Å². The van der Waals surface area contributed by atoms with Crippen LogP contribution in [0.3, 0.4) is 0 Å². The van der Waals surface area contributed by atoms with E-state index in [0.29, 0.717) is 17.3 Å². The monoisotopic (exact) mass is 294 g/mol. The number of aromatic nitrogens is 2. The number of ether oxygens (including phenoxy) is 1. The Morgan fingerprint density at radius 1 is 1.09 bits per heavy atom. The smallest absolute Gasteiger partial charge is 0.337 e. The van der Waals surface area contributed by atoms with Crippen molar-refractivity contribution in [2.75, 3.05) is 18.2 Å². The molecule has 3 aromatic rings. The second kappa shape index (κ2) is 5.69. The molecule has 0 atom stereocenters. The van der Waals surface area contributed by atoms with Gasteiger partial charge in [-0.15, -0.1) is 0 Å². The van der Waals surface area contributed by atoms with Gasteiger partial charge in [0.05, 0.1) is 18.2 Å². The molecule has 110 valence electrons. The molecule has 0 fully saturated rings. The maximum atomic E-state index is 11.4. The highest BCUT2D eigenvalue weighted by Gasteiger charge is 2.07. The molecular formula is C16H14N4O2. The van der Waals surface area contributed by atoms with Gasteiger partial charge in [0.2, 0.25) is 5.95 Å². The van der Waals surface area contributed by atoms with Crippen molar-refractivity contribution in [2.24, 2.45) is 0 Å². The molecule has 0 aliphatic carbocycles. The van der Waals surface area contributed by atoms with Gasteiger partial charge in [-0.05, 0) is 36.4 Å². The summed E-state index contributed by atoms with van der Waals surface area (Å²) in [4.78, 5) is 20.0. The molecule has 0 aliphatic rings. The highest BCUT2D eigenvalue weighted by atomic mass is 16.5. The van der Waals surface area contributed by atoms with Crippen LogP contribution in [0.5, 0.6) is 0 Å². The molecule has 22 heavy (non-hydrogen) atoms. The summed E-state index contributed by atoms with van der Waals surface area (Å²) >= 11 is 0. The van der Waals surface area contributed by atoms with Crippen LogP contribution in [0.25, 0.3) is 10.9 Å². The first-order chi connectivity index (χ1) is 10.7. The minimum absolute atomic E-state index is 0.377. The van der Waals surface area contributed by atoms with Crippen molar-refractivity contribution in [1.29, 1.82) is 0 Å². The minimum Gasteiger partial charge on any atom is -0.465 e. The Balaban J connectivity index is 1.88. The lowest BCUT2D eigenvalue weighted by Crippen LogP contribution is -2.03. The Kier molecular flexibility index (Phi) is 3.57. The van der Waals surface area contributed by atoms with E-state index in [1.165, 1.54) is 7.11 Å². The lowest BCUT2D eigenvalue weighted by atomic mass is 10.2. The van der Waals surface area contributed by atoms with E-state index >= 15 is 0 Å². The second-order valence-corrected chi connectivity index (χ2v) is 4.64. The lowest BCUT2D eigenvalue weighted by Gasteiger charge is -2.08. The Morgan fingerprint density at radius 3 is 2.55 bits per heavy atom. The number of nitrogen functional groups attached to an aromatic ring is 1. The summed E-state index contributed by atoms with van der Waals surface area (Å²) in [6.07, 6.45) is 0. The first-order valence-electron chi connectivity index (χ1n) is 6.65. The Morgan fingerprint density at radius 2 is 1.82 bits per heavy atom. The van der Waals surface area contributed by atoms with Gasteiger partial charge in [-0.1, -0.05) is 12.1 Å². The van der Waals surface area contributed by atoms with Crippen LogP contribution in [-0.2, 0) is 4.74 Å². The van der Waals surface area contributed by atoms with E-state index in [2.05, 4.69) is 20.0 Å². The number of nitrogens with two attached hydrogens (primary N) is 1. The molecule has 0 radical (unpaired) electrons. The van der Waals surface area contributed by atoms with Crippen LogP contribution >= 0.6 is 0 Å². The summed E-state index contributed by atoms with van der Waals surface area (Å²) in [6.45, 7) is 0. The standard InChI is InChI=1S/C16H14N4O2/c1-22-15(21)10-6-8-11(9-7-10)18-16-19-13-5-3-2-4-12(13)14(17)20-16/h2-9H,1H3,(H3,17,18,19,20). The molecule has 1 aromatic heterocycles. The predicted octanol–water partition coefficient (Wildman–Crippen LogP) is 2.74. The van der Waals surface area contributed by atoms with E-state index in [0.717, 1.165) is 16.6 Å².